The molecule has 0 aliphatic heterocycles. The van der Waals surface area contributed by atoms with Crippen molar-refractivity contribution in [3.8, 4) is 17.0 Å². The summed E-state index contributed by atoms with van der Waals surface area (Å²) in [5.74, 6) is 1.21. The van der Waals surface area contributed by atoms with Gasteiger partial charge in [-0.2, -0.15) is 0 Å². The van der Waals surface area contributed by atoms with Gasteiger partial charge in [0.1, 0.15) is 5.75 Å². The van der Waals surface area contributed by atoms with Gasteiger partial charge in [0.05, 0.1) is 31.5 Å². The van der Waals surface area contributed by atoms with Crippen molar-refractivity contribution in [3.05, 3.63) is 70.9 Å². The number of anilines is 1. The number of hydrogen-bond acceptors (Lipinski definition) is 8. The van der Waals surface area contributed by atoms with Crippen LogP contribution in [0.3, 0.4) is 0 Å². The molecule has 186 valence electrons. The summed E-state index contributed by atoms with van der Waals surface area (Å²) in [5, 5.41) is 15.2. The molecule has 4 aromatic rings. The molecule has 2 heterocycles. The number of methoxy groups -OCH3 is 1. The molecule has 0 unspecified atom stereocenters. The fraction of sp³-hybridized carbons (Fsp3) is 0.240. The number of thioether (sulfide) groups is 1. The Hall–Kier alpha value is -3.70. The predicted octanol–water partition coefficient (Wildman–Crippen LogP) is 3.85. The van der Waals surface area contributed by atoms with Gasteiger partial charge in [0.2, 0.25) is 11.8 Å². The summed E-state index contributed by atoms with van der Waals surface area (Å²) in [5.41, 5.74) is 2.78. The Kier molecular flexibility index (Phi) is 8.34. The lowest BCUT2D eigenvalue weighted by molar-refractivity contribution is -0.120. The van der Waals surface area contributed by atoms with E-state index in [1.54, 1.807) is 11.7 Å². The molecule has 0 aliphatic carbocycles. The maximum absolute atomic E-state index is 12.5. The number of carbonyl (C=O) groups is 2. The number of hydrogen-bond donors (Lipinski definition) is 2. The molecule has 11 heteroatoms. The van der Waals surface area contributed by atoms with Crippen molar-refractivity contribution in [2.24, 2.45) is 7.05 Å². The molecule has 2 N–H and O–H groups in total. The van der Waals surface area contributed by atoms with Gasteiger partial charge in [-0.05, 0) is 24.6 Å². The maximum atomic E-state index is 12.5. The quantitative estimate of drug-likeness (QED) is 0.304. The van der Waals surface area contributed by atoms with Gasteiger partial charge in [-0.15, -0.1) is 21.5 Å². The fourth-order valence-electron chi connectivity index (χ4n) is 3.39. The summed E-state index contributed by atoms with van der Waals surface area (Å²) in [4.78, 5) is 30.4. The minimum absolute atomic E-state index is 0.120. The smallest absolute Gasteiger partial charge is 0.236 e. The number of nitrogens with one attached hydrogen (secondary N) is 2. The number of rotatable bonds is 10. The molecule has 0 radical (unpaired) electrons. The zero-order valence-electron chi connectivity index (χ0n) is 20.1. The molecule has 4 rings (SSSR count). The van der Waals surface area contributed by atoms with Gasteiger partial charge in [-0.3, -0.25) is 9.59 Å². The molecule has 0 aliphatic rings. The van der Waals surface area contributed by atoms with E-state index < -0.39 is 0 Å². The van der Waals surface area contributed by atoms with Crippen LogP contribution in [0.15, 0.2) is 59.8 Å². The Morgan fingerprint density at radius 2 is 1.81 bits per heavy atom. The van der Waals surface area contributed by atoms with Gasteiger partial charge in [0.15, 0.2) is 16.1 Å². The number of carbonyl (C=O) groups excluding carboxylic acids is 2. The second-order valence-electron chi connectivity index (χ2n) is 7.89. The van der Waals surface area contributed by atoms with Crippen molar-refractivity contribution in [1.29, 1.82) is 0 Å². The summed E-state index contributed by atoms with van der Waals surface area (Å²) in [6.45, 7) is 2.23. The molecule has 2 amide bonds. The van der Waals surface area contributed by atoms with Crippen LogP contribution in [-0.2, 0) is 29.6 Å². The highest BCUT2D eigenvalue weighted by Crippen LogP contribution is 2.30. The first-order valence-corrected chi connectivity index (χ1v) is 13.0. The largest absolute Gasteiger partial charge is 0.497 e. The lowest BCUT2D eigenvalue weighted by Gasteiger charge is -2.07. The fourth-order valence-corrected chi connectivity index (χ4v) is 4.97. The second kappa shape index (κ2) is 11.8. The highest BCUT2D eigenvalue weighted by molar-refractivity contribution is 7.99. The van der Waals surface area contributed by atoms with Gasteiger partial charge < -0.3 is 19.9 Å². The van der Waals surface area contributed by atoms with Crippen LogP contribution in [0.2, 0.25) is 0 Å². The zero-order valence-corrected chi connectivity index (χ0v) is 21.8. The van der Waals surface area contributed by atoms with E-state index >= 15 is 0 Å². The SMILES string of the molecule is COc1ccc(CC(=O)NCc2nnc(SCC(=O)Nc3nc(-c4ccccc4)c(C)s3)n2C)cc1. The minimum Gasteiger partial charge on any atom is -0.497 e. The van der Waals surface area contributed by atoms with E-state index in [9.17, 15) is 9.59 Å². The van der Waals surface area contributed by atoms with Gasteiger partial charge in [-0.25, -0.2) is 4.98 Å². The Morgan fingerprint density at radius 3 is 2.53 bits per heavy atom. The zero-order chi connectivity index (χ0) is 25.5. The Balaban J connectivity index is 1.26. The van der Waals surface area contributed by atoms with Crippen LogP contribution in [0.5, 0.6) is 5.75 Å². The van der Waals surface area contributed by atoms with E-state index in [1.165, 1.54) is 23.1 Å². The number of ether oxygens (including phenoxy) is 1. The average molecular weight is 523 g/mol. The second-order valence-corrected chi connectivity index (χ2v) is 10.0. The topological polar surface area (TPSA) is 111 Å². The van der Waals surface area contributed by atoms with Gasteiger partial charge in [-0.1, -0.05) is 54.2 Å². The highest BCUT2D eigenvalue weighted by atomic mass is 32.2. The molecule has 0 fully saturated rings. The van der Waals surface area contributed by atoms with Crippen molar-refractivity contribution in [3.63, 3.8) is 0 Å². The minimum atomic E-state index is -0.175. The van der Waals surface area contributed by atoms with Crippen molar-refractivity contribution in [2.45, 2.75) is 25.0 Å². The number of benzene rings is 2. The van der Waals surface area contributed by atoms with Crippen molar-refractivity contribution in [2.75, 3.05) is 18.2 Å². The molecular formula is C25H26N6O3S2. The first-order valence-electron chi connectivity index (χ1n) is 11.2. The van der Waals surface area contributed by atoms with Crippen LogP contribution in [-0.4, -0.2) is 44.4 Å². The van der Waals surface area contributed by atoms with Crippen LogP contribution in [0.25, 0.3) is 11.3 Å². The third-order valence-electron chi connectivity index (χ3n) is 5.32. The predicted molar refractivity (Wildman–Crippen MR) is 141 cm³/mol. The summed E-state index contributed by atoms with van der Waals surface area (Å²) < 4.78 is 6.90. The summed E-state index contributed by atoms with van der Waals surface area (Å²) in [6.07, 6.45) is 0.256. The van der Waals surface area contributed by atoms with Crippen molar-refractivity contribution in [1.82, 2.24) is 25.1 Å². The molecule has 0 atom stereocenters. The summed E-state index contributed by atoms with van der Waals surface area (Å²) in [6, 6.07) is 17.2. The van der Waals surface area contributed by atoms with Crippen molar-refractivity contribution < 1.29 is 14.3 Å². The molecule has 2 aromatic heterocycles. The number of nitrogens with zero attached hydrogens (tertiary/aromatic N) is 4. The van der Waals surface area contributed by atoms with E-state index in [2.05, 4.69) is 25.8 Å². The third-order valence-corrected chi connectivity index (χ3v) is 7.22. The average Bonchev–Trinajstić information content (AvgIpc) is 3.43. The molecule has 9 nitrogen and oxygen atoms in total. The number of amides is 2. The Labute approximate surface area is 217 Å². The molecule has 2 aromatic carbocycles. The van der Waals surface area contributed by atoms with Crippen LogP contribution >= 0.6 is 23.1 Å². The van der Waals surface area contributed by atoms with Crippen LogP contribution in [0.1, 0.15) is 16.3 Å². The van der Waals surface area contributed by atoms with Crippen LogP contribution < -0.4 is 15.4 Å². The first kappa shape index (κ1) is 25.4. The lowest BCUT2D eigenvalue weighted by atomic mass is 10.1. The van der Waals surface area contributed by atoms with Crippen LogP contribution in [0, 0.1) is 6.92 Å². The van der Waals surface area contributed by atoms with Gasteiger partial charge >= 0.3 is 0 Å². The Morgan fingerprint density at radius 1 is 1.06 bits per heavy atom. The van der Waals surface area contributed by atoms with Gasteiger partial charge in [0.25, 0.3) is 0 Å². The molecule has 0 saturated carbocycles. The summed E-state index contributed by atoms with van der Waals surface area (Å²) >= 11 is 2.72. The van der Waals surface area contributed by atoms with E-state index in [-0.39, 0.29) is 30.5 Å². The Bertz CT molecular complexity index is 1340. The molecule has 36 heavy (non-hydrogen) atoms. The maximum Gasteiger partial charge on any atom is 0.236 e. The molecule has 0 spiro atoms. The van der Waals surface area contributed by atoms with E-state index in [0.717, 1.165) is 27.4 Å². The summed E-state index contributed by atoms with van der Waals surface area (Å²) in [7, 11) is 3.41. The standard InChI is InChI=1S/C25H26N6O3S2/c1-16-23(18-7-5-4-6-8-18)28-24(36-16)27-22(33)15-35-25-30-29-20(31(25)2)14-26-21(32)13-17-9-11-19(34-3)12-10-17/h4-12H,13-15H2,1-3H3,(H,26,32)(H,27,28,33). The number of aromatic nitrogens is 4. The van der Waals surface area contributed by atoms with Crippen LogP contribution in [0.4, 0.5) is 5.13 Å². The normalized spacial score (nSPS) is 10.8. The molecule has 0 bridgehead atoms. The number of thiazole rings is 1. The molecule has 0 saturated heterocycles. The third kappa shape index (κ3) is 6.49. The number of aryl methyl sites for hydroxylation is 1. The first-order chi connectivity index (χ1) is 17.4. The molecular weight excluding hydrogens is 496 g/mol. The van der Waals surface area contributed by atoms with Crippen molar-refractivity contribution >= 4 is 40.0 Å². The van der Waals surface area contributed by atoms with E-state index in [0.29, 0.717) is 16.1 Å². The monoisotopic (exact) mass is 522 g/mol. The van der Waals surface area contributed by atoms with Gasteiger partial charge in [0, 0.05) is 17.5 Å². The highest BCUT2D eigenvalue weighted by Gasteiger charge is 2.15. The van der Waals surface area contributed by atoms with E-state index in [1.807, 2.05) is 68.6 Å². The van der Waals surface area contributed by atoms with E-state index in [4.69, 9.17) is 4.74 Å². The lowest BCUT2D eigenvalue weighted by Crippen LogP contribution is -2.26.